The van der Waals surface area contributed by atoms with Gasteiger partial charge in [0.15, 0.2) is 0 Å². The van der Waals surface area contributed by atoms with Crippen molar-refractivity contribution in [2.45, 2.75) is 19.3 Å². The Morgan fingerprint density at radius 2 is 1.97 bits per heavy atom. The molecule has 4 aromatic heterocycles. The molecule has 4 aromatic rings. The molecule has 1 fully saturated rings. The van der Waals surface area contributed by atoms with E-state index in [2.05, 4.69) is 35.3 Å². The number of rotatable bonds is 7. The minimum Gasteiger partial charge on any atom is -0.495 e. The van der Waals surface area contributed by atoms with Crippen LogP contribution in [0.4, 0.5) is 0 Å². The van der Waals surface area contributed by atoms with Crippen LogP contribution in [-0.4, -0.2) is 53.9 Å². The summed E-state index contributed by atoms with van der Waals surface area (Å²) in [5.41, 5.74) is 3.36. The number of nitrogens with zero attached hydrogens (tertiary/aromatic N) is 8. The van der Waals surface area contributed by atoms with Crippen LogP contribution in [-0.2, 0) is 7.05 Å². The highest BCUT2D eigenvalue weighted by atomic mass is 16.5. The van der Waals surface area contributed by atoms with Gasteiger partial charge in [-0.05, 0) is 36.8 Å². The van der Waals surface area contributed by atoms with Gasteiger partial charge in [-0.1, -0.05) is 6.07 Å². The molecule has 0 bridgehead atoms. The van der Waals surface area contributed by atoms with E-state index in [4.69, 9.17) is 9.47 Å². The van der Waals surface area contributed by atoms with Crippen molar-refractivity contribution >= 4 is 0 Å². The molecule has 0 spiro atoms. The Hall–Kier alpha value is -3.95. The Morgan fingerprint density at radius 3 is 2.66 bits per heavy atom. The van der Waals surface area contributed by atoms with E-state index in [1.807, 2.05) is 31.2 Å². The average molecular weight is 430 g/mol. The van der Waals surface area contributed by atoms with Crippen molar-refractivity contribution in [1.29, 1.82) is 0 Å². The molecule has 5 rings (SSSR count). The molecule has 1 aliphatic rings. The largest absolute Gasteiger partial charge is 0.495 e. The number of methoxy groups -OCH3 is 1. The van der Waals surface area contributed by atoms with Crippen LogP contribution in [0.3, 0.4) is 0 Å². The van der Waals surface area contributed by atoms with Crippen LogP contribution >= 0.6 is 0 Å². The fourth-order valence-corrected chi connectivity index (χ4v) is 3.54. The first-order valence-corrected chi connectivity index (χ1v) is 10.3. The molecule has 0 amide bonds. The van der Waals surface area contributed by atoms with Crippen LogP contribution < -0.4 is 9.47 Å². The second-order valence-electron chi connectivity index (χ2n) is 7.71. The van der Waals surface area contributed by atoms with E-state index in [0.29, 0.717) is 41.7 Å². The van der Waals surface area contributed by atoms with Crippen LogP contribution in [0.5, 0.6) is 11.6 Å². The number of tetrazole rings is 1. The average Bonchev–Trinajstić information content (AvgIpc) is 3.48. The van der Waals surface area contributed by atoms with E-state index < -0.39 is 0 Å². The number of ether oxygens (including phenoxy) is 2. The molecule has 4 heterocycles. The van der Waals surface area contributed by atoms with E-state index in [0.717, 1.165) is 29.0 Å². The lowest BCUT2D eigenvalue weighted by atomic mass is 10.1. The van der Waals surface area contributed by atoms with Crippen LogP contribution in [0.15, 0.2) is 42.9 Å². The Morgan fingerprint density at radius 1 is 1.06 bits per heavy atom. The van der Waals surface area contributed by atoms with Crippen molar-refractivity contribution in [2.24, 2.45) is 13.0 Å². The fraction of sp³-hybridized carbons (Fsp3) is 0.318. The highest BCUT2D eigenvalue weighted by Crippen LogP contribution is 2.47. The van der Waals surface area contributed by atoms with Gasteiger partial charge >= 0.3 is 0 Å². The second kappa shape index (κ2) is 8.29. The fourth-order valence-electron chi connectivity index (χ4n) is 3.54. The third-order valence-corrected chi connectivity index (χ3v) is 5.42. The number of pyridine rings is 2. The normalized spacial score (nSPS) is 17.2. The first kappa shape index (κ1) is 20.0. The van der Waals surface area contributed by atoms with E-state index in [1.165, 1.54) is 4.80 Å². The van der Waals surface area contributed by atoms with Gasteiger partial charge in [0.05, 0.1) is 32.5 Å². The Kier molecular flexibility index (Phi) is 5.18. The standard InChI is InChI=1S/C22H22N8O2/c1-13-23-11-18(14-4-6-20(24-9-14)21-27-29-30(2)28-21)22(26-13)32-12-15-8-17(15)19-7-5-16(31-3)10-25-19/h4-7,9-11,15,17H,8,12H2,1-3H3. The van der Waals surface area contributed by atoms with Gasteiger partial charge in [0.2, 0.25) is 11.7 Å². The topological polar surface area (TPSA) is 114 Å². The summed E-state index contributed by atoms with van der Waals surface area (Å²) in [6, 6.07) is 7.74. The van der Waals surface area contributed by atoms with Gasteiger partial charge in [-0.3, -0.25) is 9.97 Å². The molecule has 1 saturated carbocycles. The highest BCUT2D eigenvalue weighted by Gasteiger charge is 2.40. The van der Waals surface area contributed by atoms with Gasteiger partial charge in [-0.2, -0.15) is 9.78 Å². The second-order valence-corrected chi connectivity index (χ2v) is 7.71. The minimum absolute atomic E-state index is 0.396. The summed E-state index contributed by atoms with van der Waals surface area (Å²) in [4.78, 5) is 19.2. The maximum atomic E-state index is 6.14. The summed E-state index contributed by atoms with van der Waals surface area (Å²) >= 11 is 0. The van der Waals surface area contributed by atoms with Gasteiger partial charge in [-0.25, -0.2) is 4.98 Å². The SMILES string of the molecule is COc1ccc(C2CC2COc2nc(C)ncc2-c2ccc(-c3nnn(C)n3)nc2)nc1. The monoisotopic (exact) mass is 430 g/mol. The maximum absolute atomic E-state index is 6.14. The molecule has 0 N–H and O–H groups in total. The zero-order valence-corrected chi connectivity index (χ0v) is 18.0. The van der Waals surface area contributed by atoms with Crippen LogP contribution in [0, 0.1) is 12.8 Å². The molecule has 32 heavy (non-hydrogen) atoms. The van der Waals surface area contributed by atoms with E-state index in [9.17, 15) is 0 Å². The molecule has 2 unspecified atom stereocenters. The Labute approximate surface area is 184 Å². The lowest BCUT2D eigenvalue weighted by Crippen LogP contribution is -2.06. The highest BCUT2D eigenvalue weighted by molar-refractivity contribution is 5.68. The number of hydrogen-bond acceptors (Lipinski definition) is 9. The summed E-state index contributed by atoms with van der Waals surface area (Å²) in [5.74, 6) is 3.25. The van der Waals surface area contributed by atoms with Gasteiger partial charge in [0.25, 0.3) is 0 Å². The number of aromatic nitrogens is 8. The van der Waals surface area contributed by atoms with Crippen molar-refractivity contribution in [3.63, 3.8) is 0 Å². The van der Waals surface area contributed by atoms with E-state index in [1.54, 1.807) is 32.7 Å². The van der Waals surface area contributed by atoms with Crippen molar-refractivity contribution < 1.29 is 9.47 Å². The third-order valence-electron chi connectivity index (χ3n) is 5.42. The quantitative estimate of drug-likeness (QED) is 0.436. The van der Waals surface area contributed by atoms with Crippen molar-refractivity contribution in [3.8, 4) is 34.3 Å². The zero-order valence-electron chi connectivity index (χ0n) is 18.0. The van der Waals surface area contributed by atoms with Gasteiger partial charge < -0.3 is 9.47 Å². The van der Waals surface area contributed by atoms with Gasteiger partial charge in [0.1, 0.15) is 17.3 Å². The molecular weight excluding hydrogens is 408 g/mol. The summed E-state index contributed by atoms with van der Waals surface area (Å²) in [7, 11) is 3.36. The zero-order chi connectivity index (χ0) is 22.1. The molecule has 0 saturated heterocycles. The van der Waals surface area contributed by atoms with Crippen LogP contribution in [0.25, 0.3) is 22.6 Å². The summed E-state index contributed by atoms with van der Waals surface area (Å²) in [5, 5.41) is 12.0. The first-order chi connectivity index (χ1) is 15.6. The Balaban J connectivity index is 1.29. The molecule has 2 atom stereocenters. The van der Waals surface area contributed by atoms with Gasteiger partial charge in [0, 0.05) is 35.5 Å². The molecule has 0 aromatic carbocycles. The van der Waals surface area contributed by atoms with Crippen LogP contribution in [0.2, 0.25) is 0 Å². The van der Waals surface area contributed by atoms with Crippen molar-refractivity contribution in [3.05, 3.63) is 54.4 Å². The first-order valence-electron chi connectivity index (χ1n) is 10.3. The predicted molar refractivity (Wildman–Crippen MR) is 115 cm³/mol. The summed E-state index contributed by atoms with van der Waals surface area (Å²) < 4.78 is 11.3. The molecular formula is C22H22N8O2. The predicted octanol–water partition coefficient (Wildman–Crippen LogP) is 2.62. The number of aryl methyl sites for hydroxylation is 2. The van der Waals surface area contributed by atoms with Crippen molar-refractivity contribution in [2.75, 3.05) is 13.7 Å². The summed E-state index contributed by atoms with van der Waals surface area (Å²) in [6.45, 7) is 2.41. The maximum Gasteiger partial charge on any atom is 0.224 e. The smallest absolute Gasteiger partial charge is 0.224 e. The summed E-state index contributed by atoms with van der Waals surface area (Å²) in [6.07, 6.45) is 6.31. The van der Waals surface area contributed by atoms with Crippen LogP contribution in [0.1, 0.15) is 23.9 Å². The Bertz CT molecular complexity index is 1220. The van der Waals surface area contributed by atoms with Crippen molar-refractivity contribution in [1.82, 2.24) is 40.1 Å². The lowest BCUT2D eigenvalue weighted by molar-refractivity contribution is 0.285. The van der Waals surface area contributed by atoms with E-state index in [-0.39, 0.29) is 0 Å². The van der Waals surface area contributed by atoms with Gasteiger partial charge in [-0.15, -0.1) is 10.2 Å². The molecule has 162 valence electrons. The lowest BCUT2D eigenvalue weighted by Gasteiger charge is -2.11. The molecule has 1 aliphatic carbocycles. The third kappa shape index (κ3) is 4.11. The molecule has 10 heteroatoms. The molecule has 0 aliphatic heterocycles. The number of hydrogen-bond donors (Lipinski definition) is 0. The molecule has 10 nitrogen and oxygen atoms in total. The molecule has 0 radical (unpaired) electrons. The van der Waals surface area contributed by atoms with E-state index >= 15 is 0 Å². The minimum atomic E-state index is 0.396.